The molecule has 2 amide bonds. The summed E-state index contributed by atoms with van der Waals surface area (Å²) in [7, 11) is 0. The van der Waals surface area contributed by atoms with Crippen molar-refractivity contribution in [2.24, 2.45) is 0 Å². The van der Waals surface area contributed by atoms with Gasteiger partial charge in [0, 0.05) is 33.8 Å². The summed E-state index contributed by atoms with van der Waals surface area (Å²) < 4.78 is 0. The molecule has 0 aliphatic carbocycles. The maximum atomic E-state index is 11.6. The first-order valence-corrected chi connectivity index (χ1v) is 5.37. The number of nitrogens with one attached hydrogen (secondary N) is 2. The fourth-order valence-corrected chi connectivity index (χ4v) is 2.10. The molecule has 1 aromatic carbocycles. The van der Waals surface area contributed by atoms with Gasteiger partial charge in [-0.2, -0.15) is 0 Å². The summed E-state index contributed by atoms with van der Waals surface area (Å²) in [4.78, 5) is 25.7. The van der Waals surface area contributed by atoms with E-state index in [0.29, 0.717) is 16.2 Å². The Morgan fingerprint density at radius 2 is 2.00 bits per heavy atom. The molecule has 0 bridgehead atoms. The average Bonchev–Trinajstić information content (AvgIpc) is 2.81. The molecule has 1 aromatic heterocycles. The van der Waals surface area contributed by atoms with Crippen molar-refractivity contribution in [1.82, 2.24) is 10.3 Å². The third-order valence-corrected chi connectivity index (χ3v) is 2.93. The molecule has 84 valence electrons. The van der Waals surface area contributed by atoms with E-state index in [1.807, 2.05) is 6.07 Å². The van der Waals surface area contributed by atoms with Gasteiger partial charge in [0.05, 0.1) is 5.57 Å². The number of benzene rings is 1. The van der Waals surface area contributed by atoms with Gasteiger partial charge >= 0.3 is 0 Å². The van der Waals surface area contributed by atoms with Crippen molar-refractivity contribution in [2.75, 3.05) is 0 Å². The standard InChI is InChI=1S/C12H7ClN2O2/c13-6-1-2-10-7(3-6)9(5-14-10)8-4-11(16)15-12(8)17/h1-5,14H,(H,15,16,17). The zero-order chi connectivity index (χ0) is 12.0. The normalized spacial score (nSPS) is 15.2. The number of hydrogen-bond donors (Lipinski definition) is 2. The first-order chi connectivity index (χ1) is 8.15. The number of amides is 2. The van der Waals surface area contributed by atoms with Crippen molar-refractivity contribution in [3.05, 3.63) is 41.1 Å². The van der Waals surface area contributed by atoms with Crippen LogP contribution in [0.4, 0.5) is 0 Å². The van der Waals surface area contributed by atoms with Gasteiger partial charge in [-0.1, -0.05) is 11.6 Å². The maximum absolute atomic E-state index is 11.6. The van der Waals surface area contributed by atoms with Gasteiger partial charge < -0.3 is 4.98 Å². The zero-order valence-electron chi connectivity index (χ0n) is 8.58. The van der Waals surface area contributed by atoms with E-state index in [0.717, 1.165) is 10.9 Å². The predicted molar refractivity (Wildman–Crippen MR) is 64.4 cm³/mol. The molecule has 0 atom stereocenters. The van der Waals surface area contributed by atoms with E-state index in [9.17, 15) is 9.59 Å². The highest BCUT2D eigenvalue weighted by molar-refractivity contribution is 6.35. The second-order valence-corrected chi connectivity index (χ2v) is 4.21. The second kappa shape index (κ2) is 3.46. The summed E-state index contributed by atoms with van der Waals surface area (Å²) in [5.74, 6) is -0.766. The van der Waals surface area contributed by atoms with Crippen molar-refractivity contribution < 1.29 is 9.59 Å². The van der Waals surface area contributed by atoms with Crippen LogP contribution in [0.5, 0.6) is 0 Å². The lowest BCUT2D eigenvalue weighted by Gasteiger charge is -1.98. The number of carbonyl (C=O) groups is 2. The van der Waals surface area contributed by atoms with E-state index in [-0.39, 0.29) is 11.8 Å². The lowest BCUT2D eigenvalue weighted by Crippen LogP contribution is -2.21. The van der Waals surface area contributed by atoms with E-state index in [1.54, 1.807) is 18.3 Å². The van der Waals surface area contributed by atoms with Crippen LogP contribution in [0.15, 0.2) is 30.5 Å². The number of H-pyrrole nitrogens is 1. The van der Waals surface area contributed by atoms with Crippen molar-refractivity contribution in [3.63, 3.8) is 0 Å². The van der Waals surface area contributed by atoms with Crippen LogP contribution in [-0.2, 0) is 9.59 Å². The second-order valence-electron chi connectivity index (χ2n) is 3.77. The minimum atomic E-state index is -0.388. The van der Waals surface area contributed by atoms with Gasteiger partial charge in [-0.3, -0.25) is 14.9 Å². The Labute approximate surface area is 101 Å². The van der Waals surface area contributed by atoms with Crippen LogP contribution in [0.2, 0.25) is 5.02 Å². The summed E-state index contributed by atoms with van der Waals surface area (Å²) >= 11 is 5.92. The maximum Gasteiger partial charge on any atom is 0.258 e. The molecule has 2 N–H and O–H groups in total. The highest BCUT2D eigenvalue weighted by Gasteiger charge is 2.24. The molecule has 1 aliphatic heterocycles. The molecule has 4 nitrogen and oxygen atoms in total. The lowest BCUT2D eigenvalue weighted by molar-refractivity contribution is -0.123. The largest absolute Gasteiger partial charge is 0.361 e. The Balaban J connectivity index is 2.25. The first kappa shape index (κ1) is 10.1. The van der Waals surface area contributed by atoms with E-state index in [1.165, 1.54) is 6.08 Å². The third kappa shape index (κ3) is 1.54. The molecule has 5 heteroatoms. The Hall–Kier alpha value is -2.07. The number of aromatic nitrogens is 1. The smallest absolute Gasteiger partial charge is 0.258 e. The van der Waals surface area contributed by atoms with Gasteiger partial charge in [0.25, 0.3) is 11.8 Å². The van der Waals surface area contributed by atoms with Gasteiger partial charge in [-0.05, 0) is 18.2 Å². The number of aromatic amines is 1. The summed E-state index contributed by atoms with van der Waals surface area (Å²) in [6.07, 6.45) is 3.00. The molecule has 2 aromatic rings. The monoisotopic (exact) mass is 246 g/mol. The molecule has 0 saturated carbocycles. The van der Waals surface area contributed by atoms with Crippen molar-refractivity contribution in [2.45, 2.75) is 0 Å². The van der Waals surface area contributed by atoms with Crippen molar-refractivity contribution in [3.8, 4) is 0 Å². The number of rotatable bonds is 1. The average molecular weight is 247 g/mol. The highest BCUT2D eigenvalue weighted by atomic mass is 35.5. The van der Waals surface area contributed by atoms with E-state index >= 15 is 0 Å². The molecule has 0 saturated heterocycles. The highest BCUT2D eigenvalue weighted by Crippen LogP contribution is 2.28. The molecule has 17 heavy (non-hydrogen) atoms. The van der Waals surface area contributed by atoms with Crippen molar-refractivity contribution in [1.29, 1.82) is 0 Å². The van der Waals surface area contributed by atoms with E-state index in [2.05, 4.69) is 10.3 Å². The fraction of sp³-hybridized carbons (Fsp3) is 0. The Kier molecular flexibility index (Phi) is 2.06. The van der Waals surface area contributed by atoms with Gasteiger partial charge in [-0.25, -0.2) is 0 Å². The van der Waals surface area contributed by atoms with Gasteiger partial charge in [-0.15, -0.1) is 0 Å². The molecular formula is C12H7ClN2O2. The SMILES string of the molecule is O=C1C=C(c2c[nH]c3ccc(Cl)cc23)C(=O)N1. The van der Waals surface area contributed by atoms with Gasteiger partial charge in [0.1, 0.15) is 0 Å². The van der Waals surface area contributed by atoms with Crippen LogP contribution in [0, 0.1) is 0 Å². The number of imide groups is 1. The Morgan fingerprint density at radius 3 is 2.71 bits per heavy atom. The quantitative estimate of drug-likeness (QED) is 0.755. The molecule has 3 rings (SSSR count). The van der Waals surface area contributed by atoms with Crippen LogP contribution in [0.1, 0.15) is 5.56 Å². The number of hydrogen-bond acceptors (Lipinski definition) is 2. The summed E-state index contributed by atoms with van der Waals surface area (Å²) in [5.41, 5.74) is 1.92. The van der Waals surface area contributed by atoms with Crippen LogP contribution in [-0.4, -0.2) is 16.8 Å². The number of halogens is 1. The first-order valence-electron chi connectivity index (χ1n) is 4.99. The Morgan fingerprint density at radius 1 is 1.18 bits per heavy atom. The lowest BCUT2D eigenvalue weighted by atomic mass is 10.1. The van der Waals surface area contributed by atoms with E-state index in [4.69, 9.17) is 11.6 Å². The summed E-state index contributed by atoms with van der Waals surface area (Å²) in [5, 5.41) is 3.63. The topological polar surface area (TPSA) is 62.0 Å². The van der Waals surface area contributed by atoms with E-state index < -0.39 is 0 Å². The summed E-state index contributed by atoms with van der Waals surface area (Å²) in [6, 6.07) is 5.36. The predicted octanol–water partition coefficient (Wildman–Crippen LogP) is 1.86. The van der Waals surface area contributed by atoms with Crippen LogP contribution in [0.3, 0.4) is 0 Å². The molecule has 0 fully saturated rings. The minimum absolute atomic E-state index is 0.364. The van der Waals surface area contributed by atoms with Crippen molar-refractivity contribution >= 4 is 39.9 Å². The van der Waals surface area contributed by atoms with Crippen LogP contribution in [0.25, 0.3) is 16.5 Å². The Bertz CT molecular complexity index is 685. The van der Waals surface area contributed by atoms with Crippen LogP contribution < -0.4 is 5.32 Å². The summed E-state index contributed by atoms with van der Waals surface area (Å²) in [6.45, 7) is 0. The molecule has 1 aliphatic rings. The molecular weight excluding hydrogens is 240 g/mol. The molecule has 0 radical (unpaired) electrons. The fourth-order valence-electron chi connectivity index (χ4n) is 1.93. The van der Waals surface area contributed by atoms with Crippen LogP contribution >= 0.6 is 11.6 Å². The number of fused-ring (bicyclic) bond motifs is 1. The number of carbonyl (C=O) groups excluding carboxylic acids is 2. The van der Waals surface area contributed by atoms with Gasteiger partial charge in [0.2, 0.25) is 0 Å². The zero-order valence-corrected chi connectivity index (χ0v) is 9.34. The van der Waals surface area contributed by atoms with Gasteiger partial charge in [0.15, 0.2) is 0 Å². The molecule has 0 spiro atoms. The minimum Gasteiger partial charge on any atom is -0.361 e. The third-order valence-electron chi connectivity index (χ3n) is 2.69. The molecule has 2 heterocycles. The molecule has 0 unspecified atom stereocenters.